The number of urea groups is 1. The molecular formula is C15H23N3O3. The van der Waals surface area contributed by atoms with Crippen LogP contribution < -0.4 is 10.2 Å². The quantitative estimate of drug-likeness (QED) is 0.801. The molecule has 0 saturated heterocycles. The van der Waals surface area contributed by atoms with Gasteiger partial charge in [0, 0.05) is 24.8 Å². The van der Waals surface area contributed by atoms with Crippen molar-refractivity contribution >= 4 is 17.7 Å². The van der Waals surface area contributed by atoms with Gasteiger partial charge in [-0.3, -0.25) is 9.69 Å². The van der Waals surface area contributed by atoms with Gasteiger partial charge < -0.3 is 15.3 Å². The number of likely N-dealkylation sites (N-methyl/N-ethyl adjacent to an activating group) is 1. The number of carboxylic acids is 1. The molecule has 116 valence electrons. The van der Waals surface area contributed by atoms with Crippen molar-refractivity contribution in [1.29, 1.82) is 0 Å². The second-order valence-corrected chi connectivity index (χ2v) is 5.12. The van der Waals surface area contributed by atoms with E-state index in [0.717, 1.165) is 0 Å². The van der Waals surface area contributed by atoms with Gasteiger partial charge in [0.05, 0.1) is 0 Å². The molecule has 0 fully saturated rings. The van der Waals surface area contributed by atoms with Gasteiger partial charge in [-0.15, -0.1) is 0 Å². The van der Waals surface area contributed by atoms with Crippen LogP contribution in [0.25, 0.3) is 0 Å². The highest BCUT2D eigenvalue weighted by atomic mass is 16.4. The number of benzene rings is 1. The summed E-state index contributed by atoms with van der Waals surface area (Å²) in [6.45, 7) is 4.95. The van der Waals surface area contributed by atoms with Gasteiger partial charge >= 0.3 is 12.0 Å². The maximum Gasteiger partial charge on any atom is 0.323 e. The lowest BCUT2D eigenvalue weighted by Crippen LogP contribution is -2.45. The van der Waals surface area contributed by atoms with Gasteiger partial charge in [-0.2, -0.15) is 0 Å². The fraction of sp³-hybridized carbons (Fsp3) is 0.467. The Bertz CT molecular complexity index is 462. The average Bonchev–Trinajstić information content (AvgIpc) is 2.45. The molecule has 0 unspecified atom stereocenters. The van der Waals surface area contributed by atoms with Crippen molar-refractivity contribution in [2.45, 2.75) is 19.9 Å². The van der Waals surface area contributed by atoms with Gasteiger partial charge in [-0.25, -0.2) is 4.79 Å². The van der Waals surface area contributed by atoms with Crippen molar-refractivity contribution in [2.24, 2.45) is 0 Å². The van der Waals surface area contributed by atoms with Crippen LogP contribution in [0.1, 0.15) is 13.8 Å². The highest BCUT2D eigenvalue weighted by molar-refractivity contribution is 5.96. The van der Waals surface area contributed by atoms with Crippen LogP contribution in [-0.4, -0.2) is 54.7 Å². The van der Waals surface area contributed by atoms with Crippen LogP contribution in [0.2, 0.25) is 0 Å². The molecule has 2 N–H and O–H groups in total. The number of hydrogen-bond donors (Lipinski definition) is 2. The van der Waals surface area contributed by atoms with Crippen molar-refractivity contribution < 1.29 is 14.7 Å². The fourth-order valence-electron chi connectivity index (χ4n) is 1.72. The van der Waals surface area contributed by atoms with Crippen LogP contribution in [0.4, 0.5) is 10.5 Å². The van der Waals surface area contributed by atoms with Crippen LogP contribution >= 0.6 is 0 Å². The molecule has 1 aromatic carbocycles. The summed E-state index contributed by atoms with van der Waals surface area (Å²) in [7, 11) is 1.98. The van der Waals surface area contributed by atoms with Crippen LogP contribution in [0, 0.1) is 0 Å². The van der Waals surface area contributed by atoms with Crippen molar-refractivity contribution in [3.63, 3.8) is 0 Å². The third-order valence-electron chi connectivity index (χ3n) is 3.23. The molecule has 2 amide bonds. The fourth-order valence-corrected chi connectivity index (χ4v) is 1.72. The Morgan fingerprint density at radius 2 is 1.86 bits per heavy atom. The summed E-state index contributed by atoms with van der Waals surface area (Å²) in [5.74, 6) is -1.05. The topological polar surface area (TPSA) is 72.9 Å². The number of nitrogens with one attached hydrogen (secondary N) is 1. The van der Waals surface area contributed by atoms with E-state index >= 15 is 0 Å². The average molecular weight is 293 g/mol. The van der Waals surface area contributed by atoms with Crippen LogP contribution in [0.5, 0.6) is 0 Å². The molecule has 0 bridgehead atoms. The van der Waals surface area contributed by atoms with Gasteiger partial charge in [-0.05, 0) is 33.0 Å². The predicted octanol–water partition coefficient (Wildman–Crippen LogP) is 1.63. The number of aliphatic carboxylic acids is 1. The second kappa shape index (κ2) is 8.26. The minimum absolute atomic E-state index is 0.365. The van der Waals surface area contributed by atoms with E-state index in [0.29, 0.717) is 24.8 Å². The Morgan fingerprint density at radius 3 is 2.38 bits per heavy atom. The number of hydrogen-bond acceptors (Lipinski definition) is 3. The standard InChI is InChI=1S/C15H23N3O3/c1-12(2)17(3)10-9-16-15(21)18(11-14(19)20)13-7-5-4-6-8-13/h4-8,12H,9-11H2,1-3H3,(H,16,21)(H,19,20). The van der Waals surface area contributed by atoms with E-state index < -0.39 is 12.0 Å². The number of carbonyl (C=O) groups excluding carboxylic acids is 1. The molecule has 0 aliphatic rings. The number of rotatable bonds is 7. The van der Waals surface area contributed by atoms with E-state index in [9.17, 15) is 9.59 Å². The molecule has 6 nitrogen and oxygen atoms in total. The van der Waals surface area contributed by atoms with Crippen molar-refractivity contribution in [3.05, 3.63) is 30.3 Å². The molecule has 21 heavy (non-hydrogen) atoms. The molecule has 0 atom stereocenters. The van der Waals surface area contributed by atoms with Crippen LogP contribution in [0.3, 0.4) is 0 Å². The zero-order valence-electron chi connectivity index (χ0n) is 12.7. The zero-order chi connectivity index (χ0) is 15.8. The number of carbonyl (C=O) groups is 2. The first-order valence-electron chi connectivity index (χ1n) is 6.94. The van der Waals surface area contributed by atoms with Crippen molar-refractivity contribution in [2.75, 3.05) is 31.6 Å². The molecule has 0 spiro atoms. The Hall–Kier alpha value is -2.08. The first kappa shape index (κ1) is 17.0. The summed E-state index contributed by atoms with van der Waals surface area (Å²) in [5, 5.41) is 11.7. The molecule has 0 heterocycles. The number of nitrogens with zero attached hydrogens (tertiary/aromatic N) is 2. The van der Waals surface area contributed by atoms with E-state index in [1.807, 2.05) is 13.1 Å². The molecule has 0 saturated carbocycles. The SMILES string of the molecule is CC(C)N(C)CCNC(=O)N(CC(=O)O)c1ccccc1. The molecule has 1 rings (SSSR count). The second-order valence-electron chi connectivity index (χ2n) is 5.12. The highest BCUT2D eigenvalue weighted by Gasteiger charge is 2.18. The Balaban J connectivity index is 2.63. The van der Waals surface area contributed by atoms with Gasteiger partial charge in [0.15, 0.2) is 0 Å². The lowest BCUT2D eigenvalue weighted by atomic mass is 10.3. The first-order chi connectivity index (χ1) is 9.91. The third kappa shape index (κ3) is 5.83. The van der Waals surface area contributed by atoms with E-state index in [2.05, 4.69) is 24.1 Å². The largest absolute Gasteiger partial charge is 0.480 e. The van der Waals surface area contributed by atoms with E-state index in [4.69, 9.17) is 5.11 Å². The van der Waals surface area contributed by atoms with Gasteiger partial charge in [0.2, 0.25) is 0 Å². The maximum absolute atomic E-state index is 12.2. The third-order valence-corrected chi connectivity index (χ3v) is 3.23. The first-order valence-corrected chi connectivity index (χ1v) is 6.94. The summed E-state index contributed by atoms with van der Waals surface area (Å²) >= 11 is 0. The molecule has 6 heteroatoms. The summed E-state index contributed by atoms with van der Waals surface area (Å²) in [6, 6.07) is 8.77. The lowest BCUT2D eigenvalue weighted by molar-refractivity contribution is -0.135. The monoisotopic (exact) mass is 293 g/mol. The Kier molecular flexibility index (Phi) is 6.68. The summed E-state index contributed by atoms with van der Waals surface area (Å²) in [4.78, 5) is 26.4. The van der Waals surface area contributed by atoms with Crippen molar-refractivity contribution in [1.82, 2.24) is 10.2 Å². The lowest BCUT2D eigenvalue weighted by Gasteiger charge is -2.24. The molecule has 1 aromatic rings. The number of para-hydroxylation sites is 1. The molecule has 0 aliphatic carbocycles. The minimum Gasteiger partial charge on any atom is -0.480 e. The van der Waals surface area contributed by atoms with E-state index in [-0.39, 0.29) is 6.54 Å². The van der Waals surface area contributed by atoms with Gasteiger partial charge in [0.1, 0.15) is 6.54 Å². The predicted molar refractivity (Wildman–Crippen MR) is 82.6 cm³/mol. The van der Waals surface area contributed by atoms with Gasteiger partial charge in [0.25, 0.3) is 0 Å². The van der Waals surface area contributed by atoms with Crippen LogP contribution in [0.15, 0.2) is 30.3 Å². The number of anilines is 1. The smallest absolute Gasteiger partial charge is 0.323 e. The van der Waals surface area contributed by atoms with Gasteiger partial charge in [-0.1, -0.05) is 18.2 Å². The summed E-state index contributed by atoms with van der Waals surface area (Å²) in [6.07, 6.45) is 0. The maximum atomic E-state index is 12.2. The zero-order valence-corrected chi connectivity index (χ0v) is 12.7. The van der Waals surface area contributed by atoms with E-state index in [1.165, 1.54) is 4.90 Å². The molecular weight excluding hydrogens is 270 g/mol. The van der Waals surface area contributed by atoms with Crippen molar-refractivity contribution in [3.8, 4) is 0 Å². The van der Waals surface area contributed by atoms with E-state index in [1.54, 1.807) is 24.3 Å². The summed E-state index contributed by atoms with van der Waals surface area (Å²) in [5.41, 5.74) is 0.564. The Labute approximate surface area is 125 Å². The minimum atomic E-state index is -1.05. The number of amides is 2. The number of carboxylic acid groups (broad SMARTS) is 1. The highest BCUT2D eigenvalue weighted by Crippen LogP contribution is 2.12. The Morgan fingerprint density at radius 1 is 1.24 bits per heavy atom. The molecule has 0 aromatic heterocycles. The molecule has 0 radical (unpaired) electrons. The van der Waals surface area contributed by atoms with Crippen LogP contribution in [-0.2, 0) is 4.79 Å². The summed E-state index contributed by atoms with van der Waals surface area (Å²) < 4.78 is 0. The normalized spacial score (nSPS) is 10.7. The molecule has 0 aliphatic heterocycles.